The van der Waals surface area contributed by atoms with Crippen LogP contribution in [0.25, 0.3) is 5.57 Å². The largest absolute Gasteiger partial charge is 0.325 e. The van der Waals surface area contributed by atoms with Gasteiger partial charge in [-0.05, 0) is 18.4 Å². The molecule has 112 valence electrons. The van der Waals surface area contributed by atoms with Crippen LogP contribution in [-0.4, -0.2) is 31.7 Å². The predicted molar refractivity (Wildman–Crippen MR) is 90.7 cm³/mol. The molecule has 1 heteroatoms. The van der Waals surface area contributed by atoms with Crippen molar-refractivity contribution in [3.8, 4) is 0 Å². The Kier molecular flexibility index (Phi) is 7.61. The van der Waals surface area contributed by atoms with Crippen LogP contribution in [0.3, 0.4) is 0 Å². The first-order chi connectivity index (χ1) is 9.55. The van der Waals surface area contributed by atoms with Crippen molar-refractivity contribution >= 4 is 5.57 Å². The number of rotatable bonds is 10. The van der Waals surface area contributed by atoms with E-state index in [0.29, 0.717) is 0 Å². The van der Waals surface area contributed by atoms with Crippen LogP contribution in [-0.2, 0) is 0 Å². The van der Waals surface area contributed by atoms with Crippen LogP contribution < -0.4 is 0 Å². The lowest BCUT2D eigenvalue weighted by molar-refractivity contribution is -0.883. The fourth-order valence-corrected chi connectivity index (χ4v) is 2.68. The minimum atomic E-state index is 1.04. The topological polar surface area (TPSA) is 0 Å². The molecule has 0 aliphatic carbocycles. The zero-order valence-electron chi connectivity index (χ0n) is 13.7. The van der Waals surface area contributed by atoms with E-state index in [9.17, 15) is 0 Å². The van der Waals surface area contributed by atoms with Crippen LogP contribution in [0.1, 0.15) is 51.0 Å². The van der Waals surface area contributed by atoms with Gasteiger partial charge in [0.05, 0.1) is 20.6 Å². The normalized spacial score (nSPS) is 11.6. The molecule has 0 aliphatic heterocycles. The zero-order valence-corrected chi connectivity index (χ0v) is 13.7. The standard InChI is InChI=1S/C19H32N/c1-5-6-7-8-9-13-16-20(3,4)17-18(2)19-14-11-10-12-15-19/h10-12,14-15H,2,5-9,13,16-17H2,1,3-4H3/q+1. The van der Waals surface area contributed by atoms with Crippen molar-refractivity contribution in [3.05, 3.63) is 42.5 Å². The third-order valence-electron chi connectivity index (χ3n) is 3.92. The molecule has 20 heavy (non-hydrogen) atoms. The first kappa shape index (κ1) is 17.0. The van der Waals surface area contributed by atoms with Crippen LogP contribution in [0.5, 0.6) is 0 Å². The zero-order chi connectivity index (χ0) is 14.8. The lowest BCUT2D eigenvalue weighted by Crippen LogP contribution is -2.41. The number of likely N-dealkylation sites (N-methyl/N-ethyl adjacent to an activating group) is 1. The molecule has 1 nitrogen and oxygen atoms in total. The first-order valence-electron chi connectivity index (χ1n) is 8.10. The summed E-state index contributed by atoms with van der Waals surface area (Å²) in [6.45, 7) is 8.82. The van der Waals surface area contributed by atoms with Crippen LogP contribution >= 0.6 is 0 Å². The average Bonchev–Trinajstić information content (AvgIpc) is 2.43. The molecule has 0 saturated carbocycles. The monoisotopic (exact) mass is 274 g/mol. The van der Waals surface area contributed by atoms with E-state index in [0.717, 1.165) is 11.0 Å². The molecule has 1 aromatic rings. The number of hydrogen-bond donors (Lipinski definition) is 0. The average molecular weight is 274 g/mol. The molecule has 0 aliphatic rings. The van der Waals surface area contributed by atoms with Gasteiger partial charge in [0.15, 0.2) is 0 Å². The number of benzene rings is 1. The van der Waals surface area contributed by atoms with Crippen LogP contribution in [0.15, 0.2) is 36.9 Å². The quantitative estimate of drug-likeness (QED) is 0.409. The molecule has 0 spiro atoms. The maximum Gasteiger partial charge on any atom is 0.104 e. The van der Waals surface area contributed by atoms with E-state index in [1.54, 1.807) is 0 Å². The molecule has 0 saturated heterocycles. The summed E-state index contributed by atoms with van der Waals surface area (Å²) in [4.78, 5) is 0. The van der Waals surface area contributed by atoms with Gasteiger partial charge in [0.2, 0.25) is 0 Å². The molecule has 0 atom stereocenters. The van der Waals surface area contributed by atoms with Crippen LogP contribution in [0.4, 0.5) is 0 Å². The highest BCUT2D eigenvalue weighted by molar-refractivity contribution is 5.63. The highest BCUT2D eigenvalue weighted by Gasteiger charge is 2.16. The lowest BCUT2D eigenvalue weighted by atomic mass is 10.1. The van der Waals surface area contributed by atoms with Crippen molar-refractivity contribution in [2.45, 2.75) is 45.4 Å². The Balaban J connectivity index is 2.28. The van der Waals surface area contributed by atoms with E-state index >= 15 is 0 Å². The summed E-state index contributed by atoms with van der Waals surface area (Å²) in [5, 5.41) is 0. The second-order valence-corrected chi connectivity index (χ2v) is 6.55. The summed E-state index contributed by atoms with van der Waals surface area (Å²) in [6.07, 6.45) is 8.23. The van der Waals surface area contributed by atoms with Crippen LogP contribution in [0, 0.1) is 0 Å². The van der Waals surface area contributed by atoms with Gasteiger partial charge in [-0.15, -0.1) is 0 Å². The van der Waals surface area contributed by atoms with Gasteiger partial charge in [-0.2, -0.15) is 0 Å². The number of hydrogen-bond acceptors (Lipinski definition) is 0. The summed E-state index contributed by atoms with van der Waals surface area (Å²) in [5.41, 5.74) is 2.53. The Bertz CT molecular complexity index is 378. The van der Waals surface area contributed by atoms with Gasteiger partial charge in [0.25, 0.3) is 0 Å². The van der Waals surface area contributed by atoms with E-state index in [1.165, 1.54) is 56.2 Å². The van der Waals surface area contributed by atoms with Crippen molar-refractivity contribution in [1.82, 2.24) is 0 Å². The van der Waals surface area contributed by atoms with Gasteiger partial charge in [-0.1, -0.05) is 69.5 Å². The van der Waals surface area contributed by atoms with Crippen molar-refractivity contribution in [3.63, 3.8) is 0 Å². The molecule has 0 heterocycles. The lowest BCUT2D eigenvalue weighted by Gasteiger charge is -2.30. The summed E-state index contributed by atoms with van der Waals surface area (Å²) in [5.74, 6) is 0. The molecule has 0 fully saturated rings. The summed E-state index contributed by atoms with van der Waals surface area (Å²) < 4.78 is 1.04. The third kappa shape index (κ3) is 6.91. The molecule has 0 amide bonds. The molecule has 1 aromatic carbocycles. The smallest absolute Gasteiger partial charge is 0.104 e. The second kappa shape index (κ2) is 8.97. The molecule has 0 unspecified atom stereocenters. The van der Waals surface area contributed by atoms with E-state index in [1.807, 2.05) is 0 Å². The molecule has 1 rings (SSSR count). The van der Waals surface area contributed by atoms with Gasteiger partial charge in [0.1, 0.15) is 6.54 Å². The number of quaternary nitrogens is 1. The third-order valence-corrected chi connectivity index (χ3v) is 3.92. The Morgan fingerprint density at radius 2 is 1.55 bits per heavy atom. The van der Waals surface area contributed by atoms with Crippen molar-refractivity contribution < 1.29 is 4.48 Å². The van der Waals surface area contributed by atoms with Crippen molar-refractivity contribution in [1.29, 1.82) is 0 Å². The molecule has 0 bridgehead atoms. The van der Waals surface area contributed by atoms with E-state index in [2.05, 4.69) is 57.9 Å². The number of nitrogens with zero attached hydrogens (tertiary/aromatic N) is 1. The Hall–Kier alpha value is -1.08. The van der Waals surface area contributed by atoms with Gasteiger partial charge >= 0.3 is 0 Å². The molecular formula is C19H32N+. The predicted octanol–water partition coefficient (Wildman–Crippen LogP) is 5.14. The first-order valence-corrected chi connectivity index (χ1v) is 8.10. The summed E-state index contributed by atoms with van der Waals surface area (Å²) >= 11 is 0. The Morgan fingerprint density at radius 3 is 2.20 bits per heavy atom. The second-order valence-electron chi connectivity index (χ2n) is 6.55. The van der Waals surface area contributed by atoms with E-state index in [4.69, 9.17) is 0 Å². The van der Waals surface area contributed by atoms with E-state index < -0.39 is 0 Å². The van der Waals surface area contributed by atoms with E-state index in [-0.39, 0.29) is 0 Å². The molecule has 0 N–H and O–H groups in total. The maximum atomic E-state index is 4.26. The minimum Gasteiger partial charge on any atom is -0.325 e. The molecular weight excluding hydrogens is 242 g/mol. The molecule has 0 aromatic heterocycles. The minimum absolute atomic E-state index is 1.04. The molecule has 0 radical (unpaired) electrons. The number of unbranched alkanes of at least 4 members (excludes halogenated alkanes) is 5. The highest BCUT2D eigenvalue weighted by Crippen LogP contribution is 2.17. The summed E-state index contributed by atoms with van der Waals surface area (Å²) in [7, 11) is 4.64. The van der Waals surface area contributed by atoms with Crippen LogP contribution in [0.2, 0.25) is 0 Å². The Labute approximate surface area is 125 Å². The van der Waals surface area contributed by atoms with Gasteiger partial charge in [0, 0.05) is 5.57 Å². The van der Waals surface area contributed by atoms with Gasteiger partial charge in [-0.3, -0.25) is 0 Å². The summed E-state index contributed by atoms with van der Waals surface area (Å²) in [6, 6.07) is 10.6. The SMILES string of the molecule is C=C(C[N+](C)(C)CCCCCCCC)c1ccccc1. The van der Waals surface area contributed by atoms with Crippen molar-refractivity contribution in [2.75, 3.05) is 27.2 Å². The van der Waals surface area contributed by atoms with Gasteiger partial charge in [-0.25, -0.2) is 0 Å². The fraction of sp³-hybridized carbons (Fsp3) is 0.579. The van der Waals surface area contributed by atoms with Crippen molar-refractivity contribution in [2.24, 2.45) is 0 Å². The fourth-order valence-electron chi connectivity index (χ4n) is 2.68. The maximum absolute atomic E-state index is 4.26. The van der Waals surface area contributed by atoms with Gasteiger partial charge < -0.3 is 4.48 Å². The highest BCUT2D eigenvalue weighted by atomic mass is 15.3. The Morgan fingerprint density at radius 1 is 0.950 bits per heavy atom.